The van der Waals surface area contributed by atoms with Crippen LogP contribution in [0.15, 0.2) is 23.1 Å². The smallest absolute Gasteiger partial charge is 0.269 e. The van der Waals surface area contributed by atoms with Gasteiger partial charge in [0, 0.05) is 24.6 Å². The van der Waals surface area contributed by atoms with Crippen LogP contribution in [0.4, 0.5) is 0 Å². The summed E-state index contributed by atoms with van der Waals surface area (Å²) in [6.45, 7) is 0.915. The molecule has 1 saturated heterocycles. The van der Waals surface area contributed by atoms with E-state index in [-0.39, 0.29) is 28.0 Å². The molecule has 1 aromatic carbocycles. The van der Waals surface area contributed by atoms with Gasteiger partial charge in [0.2, 0.25) is 15.9 Å². The van der Waals surface area contributed by atoms with Crippen molar-refractivity contribution in [2.75, 3.05) is 20.2 Å². The molecule has 2 amide bonds. The van der Waals surface area contributed by atoms with Crippen LogP contribution in [0.25, 0.3) is 0 Å². The summed E-state index contributed by atoms with van der Waals surface area (Å²) >= 11 is 0. The Morgan fingerprint density at radius 1 is 1.16 bits per heavy atom. The second-order valence-electron chi connectivity index (χ2n) is 6.19. The Morgan fingerprint density at radius 2 is 1.84 bits per heavy atom. The molecule has 1 heterocycles. The van der Waals surface area contributed by atoms with E-state index in [0.29, 0.717) is 13.1 Å². The van der Waals surface area contributed by atoms with E-state index in [2.05, 4.69) is 10.9 Å². The Bertz CT molecular complexity index is 783. The molecular formula is C16H21N3O5S. The lowest BCUT2D eigenvalue weighted by Crippen LogP contribution is -2.42. The molecule has 9 heteroatoms. The number of hydrogen-bond acceptors (Lipinski definition) is 5. The average molecular weight is 367 g/mol. The molecule has 0 radical (unpaired) electrons. The summed E-state index contributed by atoms with van der Waals surface area (Å²) in [5.74, 6) is -0.658. The summed E-state index contributed by atoms with van der Waals surface area (Å²) in [5.41, 5.74) is 4.81. The molecule has 2 fully saturated rings. The SMILES string of the molecule is COc1ccc(C(=O)NNC(=O)C2CC2)cc1S(=O)(=O)N1CCCC1. The molecule has 0 unspecified atom stereocenters. The van der Waals surface area contributed by atoms with Gasteiger partial charge in [0.1, 0.15) is 10.6 Å². The maximum Gasteiger partial charge on any atom is 0.269 e. The fourth-order valence-corrected chi connectivity index (χ4v) is 4.42. The molecule has 0 atom stereocenters. The highest BCUT2D eigenvalue weighted by Crippen LogP contribution is 2.30. The zero-order valence-electron chi connectivity index (χ0n) is 13.9. The Hall–Kier alpha value is -2.13. The lowest BCUT2D eigenvalue weighted by atomic mass is 10.2. The summed E-state index contributed by atoms with van der Waals surface area (Å²) in [6, 6.07) is 4.19. The Morgan fingerprint density at radius 3 is 2.44 bits per heavy atom. The van der Waals surface area contributed by atoms with Crippen molar-refractivity contribution < 1.29 is 22.7 Å². The highest BCUT2D eigenvalue weighted by molar-refractivity contribution is 7.89. The summed E-state index contributed by atoms with van der Waals surface area (Å²) in [5, 5.41) is 0. The number of nitrogens with one attached hydrogen (secondary N) is 2. The van der Waals surface area contributed by atoms with Crippen molar-refractivity contribution in [2.24, 2.45) is 5.92 Å². The molecule has 1 aliphatic carbocycles. The third-order valence-corrected chi connectivity index (χ3v) is 6.28. The molecule has 0 aromatic heterocycles. The van der Waals surface area contributed by atoms with Gasteiger partial charge in [-0.3, -0.25) is 20.4 Å². The number of carbonyl (C=O) groups excluding carboxylic acids is 2. The van der Waals surface area contributed by atoms with Crippen molar-refractivity contribution >= 4 is 21.8 Å². The Balaban J connectivity index is 1.81. The summed E-state index contributed by atoms with van der Waals surface area (Å²) in [6.07, 6.45) is 3.27. The van der Waals surface area contributed by atoms with Crippen molar-refractivity contribution in [1.82, 2.24) is 15.2 Å². The molecule has 8 nitrogen and oxygen atoms in total. The fourth-order valence-electron chi connectivity index (χ4n) is 2.73. The van der Waals surface area contributed by atoms with E-state index in [1.807, 2.05) is 0 Å². The number of rotatable bonds is 5. The first-order valence-corrected chi connectivity index (χ1v) is 9.66. The molecule has 1 aliphatic heterocycles. The third kappa shape index (κ3) is 3.77. The fraction of sp³-hybridized carbons (Fsp3) is 0.500. The van der Waals surface area contributed by atoms with E-state index in [1.165, 1.54) is 29.6 Å². The Labute approximate surface area is 146 Å². The number of methoxy groups -OCH3 is 1. The Kier molecular flexibility index (Phi) is 4.96. The molecule has 2 aliphatic rings. The van der Waals surface area contributed by atoms with Crippen molar-refractivity contribution in [3.63, 3.8) is 0 Å². The van der Waals surface area contributed by atoms with E-state index in [9.17, 15) is 18.0 Å². The monoisotopic (exact) mass is 367 g/mol. The largest absolute Gasteiger partial charge is 0.495 e. The number of nitrogens with zero attached hydrogens (tertiary/aromatic N) is 1. The van der Waals surface area contributed by atoms with E-state index in [1.54, 1.807) is 0 Å². The van der Waals surface area contributed by atoms with Crippen LogP contribution >= 0.6 is 0 Å². The minimum atomic E-state index is -3.73. The van der Waals surface area contributed by atoms with Gasteiger partial charge in [-0.15, -0.1) is 0 Å². The molecule has 136 valence electrons. The second kappa shape index (κ2) is 7.01. The number of benzene rings is 1. The van der Waals surface area contributed by atoms with E-state index < -0.39 is 15.9 Å². The van der Waals surface area contributed by atoms with Crippen LogP contribution in [0, 0.1) is 5.92 Å². The van der Waals surface area contributed by atoms with Crippen molar-refractivity contribution in [3.8, 4) is 5.75 Å². The number of carbonyl (C=O) groups is 2. The number of hydrazine groups is 1. The number of sulfonamides is 1. The van der Waals surface area contributed by atoms with Gasteiger partial charge in [-0.1, -0.05) is 0 Å². The zero-order chi connectivity index (χ0) is 18.0. The van der Waals surface area contributed by atoms with Crippen LogP contribution in [0.5, 0.6) is 5.75 Å². The van der Waals surface area contributed by atoms with Crippen LogP contribution < -0.4 is 15.6 Å². The average Bonchev–Trinajstić information content (AvgIpc) is 3.32. The molecule has 25 heavy (non-hydrogen) atoms. The summed E-state index contributed by atoms with van der Waals surface area (Å²) < 4.78 is 32.1. The number of hydrogen-bond donors (Lipinski definition) is 2. The predicted molar refractivity (Wildman–Crippen MR) is 89.3 cm³/mol. The molecule has 1 aromatic rings. The molecular weight excluding hydrogens is 346 g/mol. The quantitative estimate of drug-likeness (QED) is 0.744. The number of ether oxygens (including phenoxy) is 1. The van der Waals surface area contributed by atoms with Gasteiger partial charge in [-0.25, -0.2) is 8.42 Å². The van der Waals surface area contributed by atoms with Gasteiger partial charge in [0.15, 0.2) is 0 Å². The van der Waals surface area contributed by atoms with E-state index in [4.69, 9.17) is 4.74 Å². The molecule has 2 N–H and O–H groups in total. The highest BCUT2D eigenvalue weighted by atomic mass is 32.2. The first-order chi connectivity index (χ1) is 11.9. The lowest BCUT2D eigenvalue weighted by Gasteiger charge is -2.18. The van der Waals surface area contributed by atoms with Crippen molar-refractivity contribution in [3.05, 3.63) is 23.8 Å². The van der Waals surface area contributed by atoms with Crippen LogP contribution in [0.3, 0.4) is 0 Å². The van der Waals surface area contributed by atoms with E-state index >= 15 is 0 Å². The molecule has 0 bridgehead atoms. The molecule has 0 spiro atoms. The summed E-state index contributed by atoms with van der Waals surface area (Å²) in [7, 11) is -2.35. The maximum atomic E-state index is 12.8. The lowest BCUT2D eigenvalue weighted by molar-refractivity contribution is -0.123. The van der Waals surface area contributed by atoms with Crippen LogP contribution in [-0.4, -0.2) is 44.7 Å². The number of amides is 2. The van der Waals surface area contributed by atoms with Crippen LogP contribution in [-0.2, 0) is 14.8 Å². The topological polar surface area (TPSA) is 105 Å². The first kappa shape index (κ1) is 17.7. The minimum Gasteiger partial charge on any atom is -0.495 e. The summed E-state index contributed by atoms with van der Waals surface area (Å²) in [4.78, 5) is 23.8. The van der Waals surface area contributed by atoms with Gasteiger partial charge in [0.05, 0.1) is 7.11 Å². The van der Waals surface area contributed by atoms with Gasteiger partial charge < -0.3 is 4.74 Å². The normalized spacial score (nSPS) is 18.0. The van der Waals surface area contributed by atoms with Gasteiger partial charge in [0.25, 0.3) is 5.91 Å². The van der Waals surface area contributed by atoms with Crippen LogP contribution in [0.2, 0.25) is 0 Å². The van der Waals surface area contributed by atoms with Crippen molar-refractivity contribution in [1.29, 1.82) is 0 Å². The molecule has 1 saturated carbocycles. The van der Waals surface area contributed by atoms with E-state index in [0.717, 1.165) is 25.7 Å². The standard InChI is InChI=1S/C16H21N3O5S/c1-24-13-7-6-12(16(21)18-17-15(20)11-4-5-11)10-14(13)25(22,23)19-8-2-3-9-19/h6-7,10-11H,2-5,8-9H2,1H3,(H,17,20)(H,18,21). The van der Waals surface area contributed by atoms with Gasteiger partial charge in [-0.05, 0) is 43.9 Å². The van der Waals surface area contributed by atoms with Crippen molar-refractivity contribution in [2.45, 2.75) is 30.6 Å². The minimum absolute atomic E-state index is 0.0396. The van der Waals surface area contributed by atoms with Crippen LogP contribution in [0.1, 0.15) is 36.0 Å². The maximum absolute atomic E-state index is 12.8. The molecule has 3 rings (SSSR count). The highest BCUT2D eigenvalue weighted by Gasteiger charge is 2.31. The first-order valence-electron chi connectivity index (χ1n) is 8.22. The predicted octanol–water partition coefficient (Wildman–Crippen LogP) is 0.651. The third-order valence-electron chi connectivity index (χ3n) is 4.36. The zero-order valence-corrected chi connectivity index (χ0v) is 14.8. The second-order valence-corrected chi connectivity index (χ2v) is 8.10. The van der Waals surface area contributed by atoms with Gasteiger partial charge >= 0.3 is 0 Å². The van der Waals surface area contributed by atoms with Gasteiger partial charge in [-0.2, -0.15) is 4.31 Å².